The highest BCUT2D eigenvalue weighted by Crippen LogP contribution is 2.21. The summed E-state index contributed by atoms with van der Waals surface area (Å²) >= 11 is 5.77. The monoisotopic (exact) mass is 256 g/mol. The number of hydrogen-bond donors (Lipinski definition) is 0. The molecule has 1 aromatic carbocycles. The third-order valence-electron chi connectivity index (χ3n) is 3.20. The van der Waals surface area contributed by atoms with Crippen molar-refractivity contribution in [3.63, 3.8) is 0 Å². The van der Waals surface area contributed by atoms with Gasteiger partial charge in [0.1, 0.15) is 0 Å². The Hall–Kier alpha value is -1.67. The van der Waals surface area contributed by atoms with Crippen molar-refractivity contribution >= 4 is 17.7 Å². The summed E-state index contributed by atoms with van der Waals surface area (Å²) < 4.78 is 0. The summed E-state index contributed by atoms with van der Waals surface area (Å²) in [6.07, 6.45) is 9.05. The van der Waals surface area contributed by atoms with Crippen molar-refractivity contribution < 1.29 is 0 Å². The molecule has 0 unspecified atom stereocenters. The summed E-state index contributed by atoms with van der Waals surface area (Å²) in [5.74, 6) is 0. The number of rotatable bonds is 3. The molecule has 0 fully saturated rings. The molecule has 18 heavy (non-hydrogen) atoms. The molecule has 1 aromatic heterocycles. The molecule has 0 saturated heterocycles. The van der Waals surface area contributed by atoms with E-state index >= 15 is 0 Å². The second-order valence-electron chi connectivity index (χ2n) is 4.46. The Morgan fingerprint density at radius 1 is 1.17 bits per heavy atom. The number of aryl methyl sites for hydroxylation is 2. The van der Waals surface area contributed by atoms with Crippen molar-refractivity contribution in [3.8, 4) is 0 Å². The number of hydrogen-bond acceptors (Lipinski definition) is 2. The Morgan fingerprint density at radius 2 is 2.11 bits per heavy atom. The first-order valence-corrected chi connectivity index (χ1v) is 6.45. The van der Waals surface area contributed by atoms with Gasteiger partial charge < -0.3 is 0 Å². The first kappa shape index (κ1) is 11.4. The van der Waals surface area contributed by atoms with E-state index in [0.717, 1.165) is 25.0 Å². The largest absolute Gasteiger partial charge is 0.227 e. The van der Waals surface area contributed by atoms with E-state index in [4.69, 9.17) is 11.6 Å². The van der Waals surface area contributed by atoms with Gasteiger partial charge in [-0.3, -0.25) is 0 Å². The summed E-state index contributed by atoms with van der Waals surface area (Å²) in [6.45, 7) is 0. The van der Waals surface area contributed by atoms with Crippen LogP contribution in [-0.2, 0) is 19.3 Å². The number of nitrogens with zero attached hydrogens (tertiary/aromatic N) is 2. The molecule has 1 aliphatic carbocycles. The van der Waals surface area contributed by atoms with E-state index in [1.807, 2.05) is 6.07 Å². The van der Waals surface area contributed by atoms with Crippen LogP contribution in [0.15, 0.2) is 36.5 Å². The Balaban J connectivity index is 1.72. The quantitative estimate of drug-likeness (QED) is 0.786. The number of benzene rings is 1. The summed E-state index contributed by atoms with van der Waals surface area (Å²) in [6, 6.07) is 8.60. The van der Waals surface area contributed by atoms with Crippen LogP contribution < -0.4 is 0 Å². The van der Waals surface area contributed by atoms with Gasteiger partial charge in [0.05, 0.1) is 0 Å². The molecule has 3 rings (SSSR count). The molecule has 1 aliphatic rings. The maximum Gasteiger partial charge on any atom is 0.222 e. The average molecular weight is 257 g/mol. The zero-order valence-electron chi connectivity index (χ0n) is 9.94. The molecule has 0 aliphatic heterocycles. The van der Waals surface area contributed by atoms with E-state index in [0.29, 0.717) is 5.28 Å². The molecule has 0 saturated carbocycles. The van der Waals surface area contributed by atoms with E-state index < -0.39 is 0 Å². The van der Waals surface area contributed by atoms with Gasteiger partial charge in [0.25, 0.3) is 0 Å². The molecule has 0 N–H and O–H groups in total. The summed E-state index contributed by atoms with van der Waals surface area (Å²) in [5.41, 5.74) is 5.11. The van der Waals surface area contributed by atoms with E-state index in [2.05, 4.69) is 40.3 Å². The van der Waals surface area contributed by atoms with Crippen LogP contribution in [0.4, 0.5) is 0 Å². The lowest BCUT2D eigenvalue weighted by atomic mass is 10.0. The van der Waals surface area contributed by atoms with Crippen molar-refractivity contribution in [3.05, 3.63) is 64.2 Å². The smallest absolute Gasteiger partial charge is 0.222 e. The fourth-order valence-electron chi connectivity index (χ4n) is 2.23. The first-order valence-electron chi connectivity index (χ1n) is 6.07. The Morgan fingerprint density at radius 3 is 3.00 bits per heavy atom. The predicted molar refractivity (Wildman–Crippen MR) is 73.6 cm³/mol. The number of aromatic nitrogens is 2. The maximum atomic E-state index is 5.77. The zero-order chi connectivity index (χ0) is 12.4. The zero-order valence-corrected chi connectivity index (χ0v) is 10.7. The van der Waals surface area contributed by atoms with Gasteiger partial charge in [-0.2, -0.15) is 0 Å². The third kappa shape index (κ3) is 2.44. The van der Waals surface area contributed by atoms with Gasteiger partial charge >= 0.3 is 0 Å². The molecule has 2 nitrogen and oxygen atoms in total. The number of halogens is 1. The molecular formula is C15H13ClN2. The maximum absolute atomic E-state index is 5.77. The van der Waals surface area contributed by atoms with Crippen LogP contribution in [0.1, 0.15) is 22.4 Å². The lowest BCUT2D eigenvalue weighted by molar-refractivity contribution is 0.899. The number of allylic oxidation sites excluding steroid dienone is 1. The van der Waals surface area contributed by atoms with Gasteiger partial charge in [0.15, 0.2) is 0 Å². The SMILES string of the molecule is Clc1nccc(CCc2ccc3c(c2)C=CC3)n1. The van der Waals surface area contributed by atoms with Crippen molar-refractivity contribution in [2.45, 2.75) is 19.3 Å². The molecule has 0 amide bonds. The van der Waals surface area contributed by atoms with Gasteiger partial charge in [-0.15, -0.1) is 0 Å². The molecule has 90 valence electrons. The molecule has 2 aromatic rings. The van der Waals surface area contributed by atoms with Crippen LogP contribution >= 0.6 is 11.6 Å². The Bertz CT molecular complexity index is 605. The van der Waals surface area contributed by atoms with E-state index in [9.17, 15) is 0 Å². The van der Waals surface area contributed by atoms with Crippen LogP contribution in [0, 0.1) is 0 Å². The highest BCUT2D eigenvalue weighted by atomic mass is 35.5. The molecule has 0 bridgehead atoms. The molecular weight excluding hydrogens is 244 g/mol. The molecule has 1 heterocycles. The van der Waals surface area contributed by atoms with E-state index in [1.165, 1.54) is 16.7 Å². The Kier molecular flexibility index (Phi) is 3.11. The van der Waals surface area contributed by atoms with Crippen LogP contribution in [-0.4, -0.2) is 9.97 Å². The highest BCUT2D eigenvalue weighted by Gasteiger charge is 2.06. The topological polar surface area (TPSA) is 25.8 Å². The van der Waals surface area contributed by atoms with Gasteiger partial charge in [-0.25, -0.2) is 9.97 Å². The van der Waals surface area contributed by atoms with Gasteiger partial charge in [0, 0.05) is 11.9 Å². The van der Waals surface area contributed by atoms with Crippen LogP contribution in [0.25, 0.3) is 6.08 Å². The summed E-state index contributed by atoms with van der Waals surface area (Å²) in [7, 11) is 0. The second-order valence-corrected chi connectivity index (χ2v) is 4.79. The minimum atomic E-state index is 0.324. The van der Waals surface area contributed by atoms with E-state index in [-0.39, 0.29) is 0 Å². The van der Waals surface area contributed by atoms with Crippen LogP contribution in [0.5, 0.6) is 0 Å². The van der Waals surface area contributed by atoms with Gasteiger partial charge in [-0.05, 0) is 53.6 Å². The van der Waals surface area contributed by atoms with Crippen LogP contribution in [0.2, 0.25) is 5.28 Å². The van der Waals surface area contributed by atoms with Crippen molar-refractivity contribution in [1.29, 1.82) is 0 Å². The van der Waals surface area contributed by atoms with Crippen molar-refractivity contribution in [1.82, 2.24) is 9.97 Å². The van der Waals surface area contributed by atoms with E-state index in [1.54, 1.807) is 6.20 Å². The third-order valence-corrected chi connectivity index (χ3v) is 3.38. The number of fused-ring (bicyclic) bond motifs is 1. The van der Waals surface area contributed by atoms with Crippen molar-refractivity contribution in [2.75, 3.05) is 0 Å². The fourth-order valence-corrected chi connectivity index (χ4v) is 2.40. The van der Waals surface area contributed by atoms with Crippen molar-refractivity contribution in [2.24, 2.45) is 0 Å². The molecule has 0 atom stereocenters. The predicted octanol–water partition coefficient (Wildman–Crippen LogP) is 3.48. The summed E-state index contributed by atoms with van der Waals surface area (Å²) in [5, 5.41) is 0.324. The molecule has 3 heteroatoms. The molecule has 0 spiro atoms. The fraction of sp³-hybridized carbons (Fsp3) is 0.200. The van der Waals surface area contributed by atoms with Gasteiger partial charge in [-0.1, -0.05) is 30.4 Å². The minimum absolute atomic E-state index is 0.324. The second kappa shape index (κ2) is 4.91. The normalized spacial score (nSPS) is 12.7. The lowest BCUT2D eigenvalue weighted by Gasteiger charge is -2.04. The lowest BCUT2D eigenvalue weighted by Crippen LogP contribution is -1.96. The standard InChI is InChI=1S/C15H13ClN2/c16-15-17-9-8-14(18-15)7-5-11-4-6-12-2-1-3-13(12)10-11/h1,3-4,6,8-10H,2,5,7H2. The minimum Gasteiger partial charge on any atom is -0.227 e. The Labute approximate surface area is 111 Å². The average Bonchev–Trinajstić information content (AvgIpc) is 2.84. The molecule has 0 radical (unpaired) electrons. The van der Waals surface area contributed by atoms with Gasteiger partial charge in [0.2, 0.25) is 5.28 Å². The summed E-state index contributed by atoms with van der Waals surface area (Å²) in [4.78, 5) is 8.09. The highest BCUT2D eigenvalue weighted by molar-refractivity contribution is 6.28. The first-order chi connectivity index (χ1) is 8.81. The van der Waals surface area contributed by atoms with Crippen LogP contribution in [0.3, 0.4) is 0 Å².